The number of pyridine rings is 1. The number of fused-ring (bicyclic) bond motifs is 1. The van der Waals surface area contributed by atoms with Crippen LogP contribution in [-0.2, 0) is 36.8 Å². The summed E-state index contributed by atoms with van der Waals surface area (Å²) < 4.78 is 42.2. The van der Waals surface area contributed by atoms with Gasteiger partial charge in [0.25, 0.3) is 0 Å². The topological polar surface area (TPSA) is 59.8 Å². The number of halogens is 3. The van der Waals surface area contributed by atoms with Gasteiger partial charge in [0.15, 0.2) is 5.69 Å². The molecule has 2 heterocycles. The zero-order valence-electron chi connectivity index (χ0n) is 21.1. The lowest BCUT2D eigenvalue weighted by molar-refractivity contribution is -0.142. The Morgan fingerprint density at radius 2 is 1.68 bits per heavy atom. The molecule has 1 aliphatic carbocycles. The van der Waals surface area contributed by atoms with E-state index in [1.165, 1.54) is 4.68 Å². The third-order valence-corrected chi connectivity index (χ3v) is 7.04. The monoisotopic (exact) mass is 518 g/mol. The van der Waals surface area contributed by atoms with Gasteiger partial charge in [-0.2, -0.15) is 18.3 Å². The maximum absolute atomic E-state index is 13.7. The van der Waals surface area contributed by atoms with Gasteiger partial charge in [0.05, 0.1) is 11.7 Å². The number of hydrogen-bond acceptors (Lipinski definition) is 3. The lowest BCUT2D eigenvalue weighted by Gasteiger charge is -2.22. The van der Waals surface area contributed by atoms with Gasteiger partial charge in [0, 0.05) is 23.0 Å². The molecule has 1 atom stereocenters. The SMILES string of the molecule is Cc1ccccc1-c1cccnc1[C@H](Cc1ccccc1)NC(=O)Cn1nc(C(F)(F)F)c2c1CCCC2. The third kappa shape index (κ3) is 5.49. The quantitative estimate of drug-likeness (QED) is 0.315. The number of rotatable bonds is 7. The van der Waals surface area contributed by atoms with E-state index in [-0.39, 0.29) is 12.1 Å². The fraction of sp³-hybridized carbons (Fsp3) is 0.300. The average molecular weight is 519 g/mol. The zero-order valence-corrected chi connectivity index (χ0v) is 21.1. The molecule has 2 aromatic heterocycles. The van der Waals surface area contributed by atoms with Gasteiger partial charge in [0.1, 0.15) is 6.54 Å². The fourth-order valence-electron chi connectivity index (χ4n) is 5.27. The minimum absolute atomic E-state index is 0.226. The van der Waals surface area contributed by atoms with Crippen molar-refractivity contribution in [3.05, 3.63) is 107 Å². The van der Waals surface area contributed by atoms with Gasteiger partial charge >= 0.3 is 6.18 Å². The summed E-state index contributed by atoms with van der Waals surface area (Å²) in [5.74, 6) is -0.406. The number of nitrogens with zero attached hydrogens (tertiary/aromatic N) is 3. The van der Waals surface area contributed by atoms with Crippen molar-refractivity contribution < 1.29 is 18.0 Å². The average Bonchev–Trinajstić information content (AvgIpc) is 3.28. The zero-order chi connectivity index (χ0) is 26.7. The molecule has 38 heavy (non-hydrogen) atoms. The Morgan fingerprint density at radius 1 is 0.974 bits per heavy atom. The first-order valence-electron chi connectivity index (χ1n) is 12.8. The van der Waals surface area contributed by atoms with Crippen LogP contribution in [0.3, 0.4) is 0 Å². The Bertz CT molecular complexity index is 1430. The highest BCUT2D eigenvalue weighted by atomic mass is 19.4. The molecular formula is C30H29F3N4O. The number of amides is 1. The van der Waals surface area contributed by atoms with Crippen LogP contribution in [0.1, 0.15) is 52.7 Å². The van der Waals surface area contributed by atoms with Crippen molar-refractivity contribution in [1.29, 1.82) is 0 Å². The van der Waals surface area contributed by atoms with Crippen LogP contribution in [0, 0.1) is 6.92 Å². The van der Waals surface area contributed by atoms with Gasteiger partial charge in [-0.1, -0.05) is 60.7 Å². The first-order chi connectivity index (χ1) is 18.3. The minimum Gasteiger partial charge on any atom is -0.346 e. The molecule has 4 aromatic rings. The summed E-state index contributed by atoms with van der Waals surface area (Å²) in [6, 6.07) is 21.1. The van der Waals surface area contributed by atoms with Crippen LogP contribution < -0.4 is 5.32 Å². The predicted octanol–water partition coefficient (Wildman–Crippen LogP) is 6.25. The van der Waals surface area contributed by atoms with Crippen LogP contribution in [0.2, 0.25) is 0 Å². The molecule has 8 heteroatoms. The lowest BCUT2D eigenvalue weighted by Crippen LogP contribution is -2.34. The molecule has 0 unspecified atom stereocenters. The number of aromatic nitrogens is 3. The molecule has 0 fully saturated rings. The molecule has 1 aliphatic rings. The van der Waals surface area contributed by atoms with Gasteiger partial charge in [-0.25, -0.2) is 0 Å². The van der Waals surface area contributed by atoms with Crippen LogP contribution in [0.4, 0.5) is 13.2 Å². The molecule has 5 rings (SSSR count). The maximum Gasteiger partial charge on any atom is 0.435 e. The number of carbonyl (C=O) groups is 1. The molecule has 1 amide bonds. The highest BCUT2D eigenvalue weighted by molar-refractivity contribution is 5.77. The van der Waals surface area contributed by atoms with E-state index in [9.17, 15) is 18.0 Å². The molecule has 0 saturated heterocycles. The van der Waals surface area contributed by atoms with E-state index in [1.807, 2.05) is 73.7 Å². The summed E-state index contributed by atoms with van der Waals surface area (Å²) >= 11 is 0. The van der Waals surface area contributed by atoms with Gasteiger partial charge < -0.3 is 5.32 Å². The maximum atomic E-state index is 13.7. The Labute approximate surface area is 219 Å². The number of alkyl halides is 3. The van der Waals surface area contributed by atoms with E-state index >= 15 is 0 Å². The highest BCUT2D eigenvalue weighted by Crippen LogP contribution is 2.36. The molecule has 196 valence electrons. The second-order valence-electron chi connectivity index (χ2n) is 9.70. The van der Waals surface area contributed by atoms with Crippen molar-refractivity contribution in [2.75, 3.05) is 0 Å². The van der Waals surface area contributed by atoms with Crippen molar-refractivity contribution in [2.45, 2.75) is 57.8 Å². The second-order valence-corrected chi connectivity index (χ2v) is 9.70. The molecule has 2 aromatic carbocycles. The Hall–Kier alpha value is -3.94. The second kappa shape index (κ2) is 10.8. The predicted molar refractivity (Wildman–Crippen MR) is 139 cm³/mol. The normalized spacial score (nSPS) is 14.1. The van der Waals surface area contributed by atoms with E-state index in [4.69, 9.17) is 0 Å². The first-order valence-corrected chi connectivity index (χ1v) is 12.8. The Morgan fingerprint density at radius 3 is 2.45 bits per heavy atom. The Kier molecular flexibility index (Phi) is 7.31. The molecule has 0 saturated carbocycles. The van der Waals surface area contributed by atoms with Crippen LogP contribution in [0.25, 0.3) is 11.1 Å². The summed E-state index contributed by atoms with van der Waals surface area (Å²) in [6.07, 6.45) is -0.0902. The number of hydrogen-bond donors (Lipinski definition) is 1. The smallest absolute Gasteiger partial charge is 0.346 e. The molecule has 5 nitrogen and oxygen atoms in total. The van der Waals surface area contributed by atoms with E-state index in [1.54, 1.807) is 6.20 Å². The van der Waals surface area contributed by atoms with Crippen LogP contribution in [0.5, 0.6) is 0 Å². The number of benzene rings is 2. The van der Waals surface area contributed by atoms with Crippen molar-refractivity contribution in [1.82, 2.24) is 20.1 Å². The summed E-state index contributed by atoms with van der Waals surface area (Å²) in [4.78, 5) is 18.0. The minimum atomic E-state index is -4.55. The van der Waals surface area contributed by atoms with Crippen molar-refractivity contribution >= 4 is 5.91 Å². The Balaban J connectivity index is 1.48. The van der Waals surface area contributed by atoms with Crippen LogP contribution in [0.15, 0.2) is 72.9 Å². The first kappa shape index (κ1) is 25.7. The standard InChI is InChI=1S/C30H29F3N4O/c1-20-10-5-6-13-22(20)23-15-9-17-34-28(23)25(18-21-11-3-2-4-12-21)35-27(38)19-37-26-16-8-7-14-24(26)29(36-37)30(31,32)33/h2-6,9-13,15,17,25H,7-8,14,16,18-19H2,1H3,(H,35,38)/t25-/m0/s1. The van der Waals surface area contributed by atoms with Gasteiger partial charge in [-0.3, -0.25) is 14.5 Å². The van der Waals surface area contributed by atoms with Crippen molar-refractivity contribution in [3.8, 4) is 11.1 Å². The molecule has 0 spiro atoms. The fourth-order valence-corrected chi connectivity index (χ4v) is 5.27. The summed E-state index contributed by atoms with van der Waals surface area (Å²) in [6.45, 7) is 1.74. The van der Waals surface area contributed by atoms with Gasteiger partial charge in [-0.15, -0.1) is 0 Å². The van der Waals surface area contributed by atoms with E-state index in [0.29, 0.717) is 37.1 Å². The summed E-state index contributed by atoms with van der Waals surface area (Å²) in [5.41, 5.74) is 4.58. The largest absolute Gasteiger partial charge is 0.435 e. The highest BCUT2D eigenvalue weighted by Gasteiger charge is 2.39. The number of carbonyl (C=O) groups excluding carboxylic acids is 1. The number of aryl methyl sites for hydroxylation is 1. The van der Waals surface area contributed by atoms with Crippen molar-refractivity contribution in [2.24, 2.45) is 0 Å². The van der Waals surface area contributed by atoms with Crippen LogP contribution in [-0.4, -0.2) is 20.7 Å². The summed E-state index contributed by atoms with van der Waals surface area (Å²) in [5, 5.41) is 6.93. The van der Waals surface area contributed by atoms with Crippen molar-refractivity contribution in [3.63, 3.8) is 0 Å². The third-order valence-electron chi connectivity index (χ3n) is 7.04. The van der Waals surface area contributed by atoms with E-state index in [2.05, 4.69) is 15.4 Å². The van der Waals surface area contributed by atoms with Crippen LogP contribution >= 0.6 is 0 Å². The molecule has 0 radical (unpaired) electrons. The van der Waals surface area contributed by atoms with E-state index < -0.39 is 23.8 Å². The lowest BCUT2D eigenvalue weighted by atomic mass is 9.93. The van der Waals surface area contributed by atoms with E-state index in [0.717, 1.165) is 28.7 Å². The molecule has 0 bridgehead atoms. The summed E-state index contributed by atoms with van der Waals surface area (Å²) in [7, 11) is 0. The molecule has 0 aliphatic heterocycles. The number of nitrogens with one attached hydrogen (secondary N) is 1. The molecule has 1 N–H and O–H groups in total. The van der Waals surface area contributed by atoms with Gasteiger partial charge in [-0.05, 0) is 61.8 Å². The molecular weight excluding hydrogens is 489 g/mol. The van der Waals surface area contributed by atoms with Gasteiger partial charge in [0.2, 0.25) is 5.91 Å².